The molecular weight excluding hydrogens is 521 g/mol. The molecule has 0 aliphatic carbocycles. The third-order valence-corrected chi connectivity index (χ3v) is 7.91. The van der Waals surface area contributed by atoms with E-state index in [0.29, 0.717) is 53.8 Å². The summed E-state index contributed by atoms with van der Waals surface area (Å²) in [5.41, 5.74) is 7.49. The number of benzene rings is 3. The van der Waals surface area contributed by atoms with Crippen molar-refractivity contribution in [2.45, 2.75) is 79.4 Å². The van der Waals surface area contributed by atoms with Gasteiger partial charge in [0, 0.05) is 28.9 Å². The number of carbonyl (C=O) groups excluding carboxylic acids is 1. The summed E-state index contributed by atoms with van der Waals surface area (Å²) in [5.74, 6) is -1.43. The summed E-state index contributed by atoms with van der Waals surface area (Å²) in [4.78, 5) is 28.3. The molecule has 2 aliphatic rings. The molecule has 1 unspecified atom stereocenters. The Balaban J connectivity index is 1.78. The first-order valence-corrected chi connectivity index (χ1v) is 14.2. The van der Waals surface area contributed by atoms with Crippen LogP contribution in [0.2, 0.25) is 0 Å². The van der Waals surface area contributed by atoms with E-state index in [9.17, 15) is 14.7 Å². The number of aryl methyl sites for hydroxylation is 3. The summed E-state index contributed by atoms with van der Waals surface area (Å²) in [6.45, 7) is 14.1. The summed E-state index contributed by atoms with van der Waals surface area (Å²) in [5, 5.41) is 10.4. The largest absolute Gasteiger partial charge is 0.490 e. The van der Waals surface area contributed by atoms with E-state index >= 15 is 4.39 Å². The molecule has 41 heavy (non-hydrogen) atoms. The molecule has 2 heterocycles. The highest BCUT2D eigenvalue weighted by molar-refractivity contribution is 6.08. The van der Waals surface area contributed by atoms with Gasteiger partial charge in [-0.05, 0) is 120 Å². The van der Waals surface area contributed by atoms with Gasteiger partial charge in [-0.25, -0.2) is 9.18 Å². The standard InChI is InChI=1S/C34H38FNO5/c1-18-13-19(2)15-22(14-18)32(37)36-11-10-24-27(36)16-20(3)28(31(33(38)39)41-34(5,6)7)29(24)25-17-26(35)30-23(21(25)4)9-8-12-40-30/h13-17,31H,8-12H2,1-7H3,(H,38,39). The van der Waals surface area contributed by atoms with Crippen LogP contribution in [0.1, 0.15) is 82.6 Å². The van der Waals surface area contributed by atoms with Gasteiger partial charge in [-0.15, -0.1) is 0 Å². The maximum Gasteiger partial charge on any atom is 0.337 e. The highest BCUT2D eigenvalue weighted by atomic mass is 19.1. The Labute approximate surface area is 241 Å². The number of nitrogens with zero attached hydrogens (tertiary/aromatic N) is 1. The molecule has 1 atom stereocenters. The molecule has 6 nitrogen and oxygen atoms in total. The Kier molecular flexibility index (Phi) is 7.45. The van der Waals surface area contributed by atoms with Crippen molar-refractivity contribution < 1.29 is 28.6 Å². The van der Waals surface area contributed by atoms with E-state index in [0.717, 1.165) is 39.9 Å². The molecule has 3 aromatic carbocycles. The van der Waals surface area contributed by atoms with Crippen LogP contribution in [0.5, 0.6) is 5.75 Å². The Bertz CT molecular complexity index is 1550. The van der Waals surface area contributed by atoms with E-state index in [-0.39, 0.29) is 11.7 Å². The minimum Gasteiger partial charge on any atom is -0.490 e. The smallest absolute Gasteiger partial charge is 0.337 e. The van der Waals surface area contributed by atoms with Crippen molar-refractivity contribution in [1.29, 1.82) is 0 Å². The molecule has 0 radical (unpaired) electrons. The van der Waals surface area contributed by atoms with E-state index in [2.05, 4.69) is 0 Å². The zero-order chi connectivity index (χ0) is 29.8. The first-order valence-electron chi connectivity index (χ1n) is 14.2. The number of aliphatic carboxylic acids is 1. The van der Waals surface area contributed by atoms with Gasteiger partial charge in [0.05, 0.1) is 12.2 Å². The first kappa shape index (κ1) is 28.8. The maximum absolute atomic E-state index is 15.6. The summed E-state index contributed by atoms with van der Waals surface area (Å²) in [6, 6.07) is 9.15. The highest BCUT2D eigenvalue weighted by Gasteiger charge is 2.37. The van der Waals surface area contributed by atoms with Gasteiger partial charge in [0.1, 0.15) is 0 Å². The number of amides is 1. The van der Waals surface area contributed by atoms with Gasteiger partial charge in [-0.3, -0.25) is 4.79 Å². The van der Waals surface area contributed by atoms with Gasteiger partial charge in [0.2, 0.25) is 0 Å². The number of anilines is 1. The minimum atomic E-state index is -1.28. The average Bonchev–Trinajstić information content (AvgIpc) is 3.30. The number of hydrogen-bond acceptors (Lipinski definition) is 4. The lowest BCUT2D eigenvalue weighted by Gasteiger charge is -2.30. The van der Waals surface area contributed by atoms with E-state index in [1.165, 1.54) is 6.07 Å². The van der Waals surface area contributed by atoms with Gasteiger partial charge in [0.15, 0.2) is 17.7 Å². The molecular formula is C34H38FNO5. The molecule has 216 valence electrons. The summed E-state index contributed by atoms with van der Waals surface area (Å²) >= 11 is 0. The Morgan fingerprint density at radius 3 is 2.32 bits per heavy atom. The number of carboxylic acids is 1. The zero-order valence-electron chi connectivity index (χ0n) is 24.9. The number of ether oxygens (including phenoxy) is 2. The number of fused-ring (bicyclic) bond motifs is 2. The molecule has 0 saturated carbocycles. The monoisotopic (exact) mass is 559 g/mol. The second kappa shape index (κ2) is 10.6. The van der Waals surface area contributed by atoms with Crippen LogP contribution < -0.4 is 9.64 Å². The van der Waals surface area contributed by atoms with Crippen LogP contribution in [-0.4, -0.2) is 35.7 Å². The number of carboxylic acid groups (broad SMARTS) is 1. The maximum atomic E-state index is 15.6. The predicted molar refractivity (Wildman–Crippen MR) is 158 cm³/mol. The third-order valence-electron chi connectivity index (χ3n) is 7.91. The van der Waals surface area contributed by atoms with E-state index in [4.69, 9.17) is 9.47 Å². The van der Waals surface area contributed by atoms with Crippen LogP contribution in [0.25, 0.3) is 11.1 Å². The fourth-order valence-corrected chi connectivity index (χ4v) is 6.31. The average molecular weight is 560 g/mol. The Hall–Kier alpha value is -3.71. The summed E-state index contributed by atoms with van der Waals surface area (Å²) in [7, 11) is 0. The minimum absolute atomic E-state index is 0.115. The van der Waals surface area contributed by atoms with Gasteiger partial charge in [-0.2, -0.15) is 0 Å². The summed E-state index contributed by atoms with van der Waals surface area (Å²) < 4.78 is 27.4. The van der Waals surface area contributed by atoms with Gasteiger partial charge in [-0.1, -0.05) is 17.2 Å². The molecule has 0 bridgehead atoms. The van der Waals surface area contributed by atoms with Gasteiger partial charge >= 0.3 is 5.97 Å². The number of hydrogen-bond donors (Lipinski definition) is 1. The van der Waals surface area contributed by atoms with E-state index in [1.807, 2.05) is 72.7 Å². The van der Waals surface area contributed by atoms with Crippen LogP contribution in [0.15, 0.2) is 30.3 Å². The van der Waals surface area contributed by atoms with Crippen LogP contribution in [0.3, 0.4) is 0 Å². The molecule has 2 aliphatic heterocycles. The number of halogens is 1. The van der Waals surface area contributed by atoms with Crippen LogP contribution >= 0.6 is 0 Å². The van der Waals surface area contributed by atoms with Crippen molar-refractivity contribution in [2.75, 3.05) is 18.1 Å². The lowest BCUT2D eigenvalue weighted by Crippen LogP contribution is -2.30. The molecule has 0 spiro atoms. The quantitative estimate of drug-likeness (QED) is 0.358. The van der Waals surface area contributed by atoms with Crippen LogP contribution in [0.4, 0.5) is 10.1 Å². The second-order valence-electron chi connectivity index (χ2n) is 12.3. The van der Waals surface area contributed by atoms with Crippen molar-refractivity contribution in [3.63, 3.8) is 0 Å². The molecule has 5 rings (SSSR count). The van der Waals surface area contributed by atoms with Crippen molar-refractivity contribution in [3.8, 4) is 16.9 Å². The van der Waals surface area contributed by atoms with Gasteiger partial charge < -0.3 is 19.5 Å². The SMILES string of the molecule is Cc1cc(C)cc(C(=O)N2CCc3c2cc(C)c(C(OC(C)(C)C)C(=O)O)c3-c2cc(F)c3c(c2C)CCCO3)c1. The molecule has 7 heteroatoms. The fraction of sp³-hybridized carbons (Fsp3) is 0.412. The molecule has 1 amide bonds. The van der Waals surface area contributed by atoms with Gasteiger partial charge in [0.25, 0.3) is 5.91 Å². The molecule has 0 saturated heterocycles. The fourth-order valence-electron chi connectivity index (χ4n) is 6.31. The second-order valence-corrected chi connectivity index (χ2v) is 12.3. The molecule has 0 fully saturated rings. The van der Waals surface area contributed by atoms with E-state index < -0.39 is 23.5 Å². The topological polar surface area (TPSA) is 76.1 Å². The Morgan fingerprint density at radius 2 is 1.68 bits per heavy atom. The lowest BCUT2D eigenvalue weighted by atomic mass is 9.83. The highest BCUT2D eigenvalue weighted by Crippen LogP contribution is 2.47. The zero-order valence-corrected chi connectivity index (χ0v) is 24.9. The van der Waals surface area contributed by atoms with Crippen molar-refractivity contribution in [2.24, 2.45) is 0 Å². The van der Waals surface area contributed by atoms with Crippen LogP contribution in [0, 0.1) is 33.5 Å². The third kappa shape index (κ3) is 5.35. The lowest BCUT2D eigenvalue weighted by molar-refractivity contribution is -0.160. The van der Waals surface area contributed by atoms with Crippen LogP contribution in [-0.2, 0) is 22.4 Å². The molecule has 0 aromatic heterocycles. The van der Waals surface area contributed by atoms with Crippen molar-refractivity contribution >= 4 is 17.6 Å². The number of rotatable bonds is 5. The normalized spacial score (nSPS) is 15.3. The summed E-state index contributed by atoms with van der Waals surface area (Å²) in [6.07, 6.45) is 0.672. The van der Waals surface area contributed by atoms with Crippen molar-refractivity contribution in [3.05, 3.63) is 80.7 Å². The predicted octanol–water partition coefficient (Wildman–Crippen LogP) is 7.20. The molecule has 1 N–H and O–H groups in total. The number of carbonyl (C=O) groups is 2. The molecule has 3 aromatic rings. The first-order chi connectivity index (χ1) is 19.3. The van der Waals surface area contributed by atoms with E-state index in [1.54, 1.807) is 4.90 Å². The Morgan fingerprint density at radius 1 is 1.00 bits per heavy atom. The van der Waals surface area contributed by atoms with Crippen molar-refractivity contribution in [1.82, 2.24) is 0 Å².